The molecule has 3 rings (SSSR count). The van der Waals surface area contributed by atoms with E-state index in [-0.39, 0.29) is 23.2 Å². The number of hydrogen-bond acceptors (Lipinski definition) is 4. The van der Waals surface area contributed by atoms with Crippen molar-refractivity contribution in [1.29, 1.82) is 0 Å². The second-order valence-corrected chi connectivity index (χ2v) is 10.6. The van der Waals surface area contributed by atoms with Gasteiger partial charge in [0.15, 0.2) is 0 Å². The largest absolute Gasteiger partial charge is 0.462 e. The van der Waals surface area contributed by atoms with Gasteiger partial charge in [0.05, 0.1) is 12.2 Å². The number of ether oxygens (including phenoxy) is 1. The molecule has 0 saturated heterocycles. The van der Waals surface area contributed by atoms with Crippen molar-refractivity contribution in [2.24, 2.45) is 5.41 Å². The molecule has 0 saturated carbocycles. The summed E-state index contributed by atoms with van der Waals surface area (Å²) in [7, 11) is 0. The zero-order chi connectivity index (χ0) is 30.4. The molecule has 1 N–H and O–H groups in total. The average molecular weight is 555 g/mol. The summed E-state index contributed by atoms with van der Waals surface area (Å²) in [5.41, 5.74) is 6.82. The summed E-state index contributed by atoms with van der Waals surface area (Å²) in [5.74, 6) is -0.302. The SMILES string of the molecule is CC.CCOC(=O)c1ccnc(C2CCC(C)(C)C(/C=C/C(C)=C/C=C/C(C)=C\C(=O)Nc3ccccc3)=C2C)c1. The van der Waals surface area contributed by atoms with Crippen LogP contribution in [-0.4, -0.2) is 23.5 Å². The Bertz CT molecular complexity index is 1330. The van der Waals surface area contributed by atoms with Crippen LogP contribution in [0.4, 0.5) is 5.69 Å². The number of carbonyl (C=O) groups is 2. The third kappa shape index (κ3) is 10.2. The van der Waals surface area contributed by atoms with Gasteiger partial charge in [-0.25, -0.2) is 4.79 Å². The van der Waals surface area contributed by atoms with Crippen molar-refractivity contribution in [2.75, 3.05) is 11.9 Å². The molecule has 1 aromatic carbocycles. The van der Waals surface area contributed by atoms with Crippen molar-refractivity contribution < 1.29 is 14.3 Å². The molecule has 5 heteroatoms. The molecule has 1 amide bonds. The van der Waals surface area contributed by atoms with Crippen molar-refractivity contribution >= 4 is 17.6 Å². The average Bonchev–Trinajstić information content (AvgIpc) is 2.94. The highest BCUT2D eigenvalue weighted by Crippen LogP contribution is 2.46. The summed E-state index contributed by atoms with van der Waals surface area (Å²) < 4.78 is 5.18. The Kier molecular flexibility index (Phi) is 13.2. The van der Waals surface area contributed by atoms with E-state index in [1.54, 1.807) is 18.3 Å². The molecule has 1 atom stereocenters. The van der Waals surface area contributed by atoms with Crippen molar-refractivity contribution in [1.82, 2.24) is 4.98 Å². The Labute approximate surface area is 246 Å². The molecule has 1 aliphatic rings. The lowest BCUT2D eigenvalue weighted by Gasteiger charge is -2.37. The van der Waals surface area contributed by atoms with E-state index < -0.39 is 0 Å². The molecule has 0 fully saturated rings. The third-order valence-electron chi connectivity index (χ3n) is 7.02. The molecule has 1 unspecified atom stereocenters. The summed E-state index contributed by atoms with van der Waals surface area (Å²) in [4.78, 5) is 29.1. The van der Waals surface area contributed by atoms with E-state index >= 15 is 0 Å². The van der Waals surface area contributed by atoms with E-state index in [0.29, 0.717) is 12.2 Å². The van der Waals surface area contributed by atoms with Gasteiger partial charge in [-0.2, -0.15) is 0 Å². The molecule has 0 radical (unpaired) electrons. The van der Waals surface area contributed by atoms with E-state index in [4.69, 9.17) is 4.74 Å². The number of anilines is 1. The number of nitrogens with zero attached hydrogens (tertiary/aromatic N) is 1. The molecule has 0 bridgehead atoms. The van der Waals surface area contributed by atoms with Crippen LogP contribution in [0.2, 0.25) is 0 Å². The highest BCUT2D eigenvalue weighted by molar-refractivity contribution is 5.99. The van der Waals surface area contributed by atoms with Gasteiger partial charge < -0.3 is 10.1 Å². The number of aromatic nitrogens is 1. The van der Waals surface area contributed by atoms with Crippen LogP contribution in [0.15, 0.2) is 107 Å². The van der Waals surface area contributed by atoms with Crippen LogP contribution >= 0.6 is 0 Å². The van der Waals surface area contributed by atoms with Gasteiger partial charge in [0.1, 0.15) is 0 Å². The molecule has 1 heterocycles. The lowest BCUT2D eigenvalue weighted by Crippen LogP contribution is -2.24. The zero-order valence-corrected chi connectivity index (χ0v) is 26.0. The van der Waals surface area contributed by atoms with Crippen LogP contribution in [0.25, 0.3) is 0 Å². The summed E-state index contributed by atoms with van der Waals surface area (Å²) >= 11 is 0. The quantitative estimate of drug-likeness (QED) is 0.191. The minimum Gasteiger partial charge on any atom is -0.462 e. The standard InChI is InChI=1S/C34H40N2O3.C2H6/c1-7-39-33(38)27-19-21-35-31(23-27)29-18-20-34(5,6)30(26(29)4)17-16-24(2)12-11-13-25(3)22-32(37)36-28-14-9-8-10-15-28;1-2/h8-17,19,21-23,29H,7,18,20H2,1-6H3,(H,36,37);1-2H3/b13-11+,17-16+,24-12+,25-22-;. The first-order chi connectivity index (χ1) is 19.6. The fraction of sp³-hybridized carbons (Fsp3) is 0.361. The smallest absolute Gasteiger partial charge is 0.338 e. The monoisotopic (exact) mass is 554 g/mol. The Balaban J connectivity index is 0.00000287. The highest BCUT2D eigenvalue weighted by Gasteiger charge is 2.33. The van der Waals surface area contributed by atoms with E-state index in [2.05, 4.69) is 50.1 Å². The number of para-hydroxylation sites is 1. The van der Waals surface area contributed by atoms with Crippen LogP contribution < -0.4 is 5.32 Å². The molecular weight excluding hydrogens is 508 g/mol. The Morgan fingerprint density at radius 1 is 1.07 bits per heavy atom. The van der Waals surface area contributed by atoms with E-state index in [1.807, 2.05) is 82.3 Å². The minimum absolute atomic E-state index is 0.0391. The topological polar surface area (TPSA) is 68.3 Å². The van der Waals surface area contributed by atoms with Gasteiger partial charge >= 0.3 is 5.97 Å². The molecule has 2 aromatic rings. The number of carbonyl (C=O) groups excluding carboxylic acids is 2. The number of pyridine rings is 1. The van der Waals surface area contributed by atoms with Gasteiger partial charge in [0.2, 0.25) is 5.91 Å². The van der Waals surface area contributed by atoms with Gasteiger partial charge in [-0.1, -0.05) is 87.4 Å². The molecule has 0 spiro atoms. The Hall–Kier alpha value is -3.99. The minimum atomic E-state index is -0.310. The molecular formula is C36H46N2O3. The van der Waals surface area contributed by atoms with Crippen LogP contribution in [0.5, 0.6) is 0 Å². The van der Waals surface area contributed by atoms with E-state index in [9.17, 15) is 9.59 Å². The zero-order valence-electron chi connectivity index (χ0n) is 26.0. The first kappa shape index (κ1) is 33.2. The molecule has 1 aliphatic carbocycles. The number of rotatable bonds is 9. The fourth-order valence-corrected chi connectivity index (χ4v) is 4.86. The molecule has 218 valence electrons. The van der Waals surface area contributed by atoms with Crippen LogP contribution in [0, 0.1) is 5.41 Å². The van der Waals surface area contributed by atoms with E-state index in [0.717, 1.165) is 35.4 Å². The maximum absolute atomic E-state index is 12.3. The van der Waals surface area contributed by atoms with Gasteiger partial charge in [-0.3, -0.25) is 9.78 Å². The van der Waals surface area contributed by atoms with E-state index in [1.165, 1.54) is 11.1 Å². The maximum atomic E-state index is 12.3. The number of amides is 1. The first-order valence-corrected chi connectivity index (χ1v) is 14.5. The summed E-state index contributed by atoms with van der Waals surface area (Å²) in [6.07, 6.45) is 15.6. The first-order valence-electron chi connectivity index (χ1n) is 14.5. The van der Waals surface area contributed by atoms with Crippen molar-refractivity contribution in [2.45, 2.75) is 74.1 Å². The number of benzene rings is 1. The Morgan fingerprint density at radius 3 is 2.46 bits per heavy atom. The van der Waals surface area contributed by atoms with Crippen molar-refractivity contribution in [3.8, 4) is 0 Å². The fourth-order valence-electron chi connectivity index (χ4n) is 4.86. The molecule has 0 aliphatic heterocycles. The lowest BCUT2D eigenvalue weighted by molar-refractivity contribution is -0.111. The maximum Gasteiger partial charge on any atom is 0.338 e. The number of hydrogen-bond donors (Lipinski definition) is 1. The van der Waals surface area contributed by atoms with Gasteiger partial charge in [-0.05, 0) is 81.4 Å². The predicted molar refractivity (Wildman–Crippen MR) is 171 cm³/mol. The third-order valence-corrected chi connectivity index (χ3v) is 7.02. The number of nitrogens with one attached hydrogen (secondary N) is 1. The predicted octanol–water partition coefficient (Wildman–Crippen LogP) is 9.15. The Morgan fingerprint density at radius 2 is 1.78 bits per heavy atom. The van der Waals surface area contributed by atoms with Gasteiger partial charge in [-0.15, -0.1) is 0 Å². The summed E-state index contributed by atoms with van der Waals surface area (Å²) in [5, 5.41) is 2.86. The summed E-state index contributed by atoms with van der Waals surface area (Å²) in [6, 6.07) is 13.0. The van der Waals surface area contributed by atoms with Crippen molar-refractivity contribution in [3.63, 3.8) is 0 Å². The van der Waals surface area contributed by atoms with Crippen LogP contribution in [0.3, 0.4) is 0 Å². The molecule has 1 aromatic heterocycles. The van der Waals surface area contributed by atoms with Crippen LogP contribution in [-0.2, 0) is 9.53 Å². The normalized spacial score (nSPS) is 17.3. The number of allylic oxidation sites excluding steroid dienone is 9. The highest BCUT2D eigenvalue weighted by atomic mass is 16.5. The summed E-state index contributed by atoms with van der Waals surface area (Å²) in [6.45, 7) is 16.9. The lowest BCUT2D eigenvalue weighted by atomic mass is 9.68. The van der Waals surface area contributed by atoms with Gasteiger partial charge in [0.25, 0.3) is 0 Å². The number of esters is 1. The molecule has 5 nitrogen and oxygen atoms in total. The second kappa shape index (κ2) is 16.3. The van der Waals surface area contributed by atoms with Crippen molar-refractivity contribution in [3.05, 3.63) is 119 Å². The molecule has 41 heavy (non-hydrogen) atoms. The van der Waals surface area contributed by atoms with Crippen LogP contribution in [0.1, 0.15) is 90.2 Å². The second-order valence-electron chi connectivity index (χ2n) is 10.6. The van der Waals surface area contributed by atoms with Gasteiger partial charge in [0, 0.05) is 29.6 Å².